The van der Waals surface area contributed by atoms with Gasteiger partial charge in [0.15, 0.2) is 0 Å². The summed E-state index contributed by atoms with van der Waals surface area (Å²) in [5, 5.41) is 2.90. The van der Waals surface area contributed by atoms with Gasteiger partial charge in [0.1, 0.15) is 19.3 Å². The van der Waals surface area contributed by atoms with Gasteiger partial charge in [-0.15, -0.1) is 0 Å². The normalized spacial score (nSPS) is 13.8. The van der Waals surface area contributed by atoms with E-state index in [9.17, 15) is 14.3 Å². The Balaban J connectivity index is 4.15. The standard InChI is InChI=1S/C42H87N2O6P/c1-6-8-10-12-14-16-18-20-21-22-24-26-28-30-32-34-37-48-40-41(50-51(46,47)49-38-36-44(3,4)5)39-43-42(45)35-33-31-29-27-25-23-19-17-15-13-11-9-7-2/h41H,6-40H2,1-5H3,(H-,43,45,46,47)/p+1. The Morgan fingerprint density at radius 2 is 0.961 bits per heavy atom. The van der Waals surface area contributed by atoms with Crippen molar-refractivity contribution < 1.29 is 32.5 Å². The number of amides is 1. The van der Waals surface area contributed by atoms with E-state index in [-0.39, 0.29) is 25.7 Å². The maximum Gasteiger partial charge on any atom is 0.472 e. The highest BCUT2D eigenvalue weighted by Gasteiger charge is 2.28. The van der Waals surface area contributed by atoms with Crippen LogP contribution in [0.5, 0.6) is 0 Å². The molecule has 0 aliphatic rings. The second-order valence-corrected chi connectivity index (χ2v) is 17.6. The van der Waals surface area contributed by atoms with Crippen LogP contribution in [0.3, 0.4) is 0 Å². The fourth-order valence-electron chi connectivity index (χ4n) is 6.36. The molecule has 9 heteroatoms. The van der Waals surface area contributed by atoms with E-state index in [1.807, 2.05) is 21.1 Å². The van der Waals surface area contributed by atoms with Crippen LogP contribution in [-0.4, -0.2) is 75.4 Å². The Morgan fingerprint density at radius 1 is 0.588 bits per heavy atom. The second-order valence-electron chi connectivity index (χ2n) is 16.2. The van der Waals surface area contributed by atoms with Gasteiger partial charge >= 0.3 is 7.82 Å². The van der Waals surface area contributed by atoms with Crippen molar-refractivity contribution in [2.75, 3.05) is 54.1 Å². The van der Waals surface area contributed by atoms with E-state index < -0.39 is 13.9 Å². The molecule has 0 bridgehead atoms. The molecule has 0 aliphatic carbocycles. The first-order valence-electron chi connectivity index (χ1n) is 21.9. The van der Waals surface area contributed by atoms with Crippen molar-refractivity contribution in [2.45, 2.75) is 213 Å². The first kappa shape index (κ1) is 50.5. The number of likely N-dealkylation sites (N-methyl/N-ethyl adjacent to an activating group) is 1. The van der Waals surface area contributed by atoms with Crippen molar-refractivity contribution in [3.63, 3.8) is 0 Å². The molecule has 0 saturated heterocycles. The van der Waals surface area contributed by atoms with E-state index in [1.54, 1.807) is 0 Å². The van der Waals surface area contributed by atoms with Crippen molar-refractivity contribution in [1.82, 2.24) is 5.32 Å². The van der Waals surface area contributed by atoms with Crippen LogP contribution >= 0.6 is 7.82 Å². The van der Waals surface area contributed by atoms with E-state index >= 15 is 0 Å². The summed E-state index contributed by atoms with van der Waals surface area (Å²) < 4.78 is 29.9. The SMILES string of the molecule is CCCCCCCCCCCCCCCCCCOCC(CNC(=O)CCCCCCCCCCCCCCC)OP(=O)(O)OCC[N+](C)(C)C. The van der Waals surface area contributed by atoms with Gasteiger partial charge in [-0.1, -0.05) is 187 Å². The molecule has 0 radical (unpaired) electrons. The molecule has 0 aliphatic heterocycles. The van der Waals surface area contributed by atoms with E-state index in [2.05, 4.69) is 19.2 Å². The molecule has 0 fully saturated rings. The number of unbranched alkanes of at least 4 members (excludes halogenated alkanes) is 27. The van der Waals surface area contributed by atoms with Gasteiger partial charge in [0.05, 0.1) is 27.7 Å². The maximum absolute atomic E-state index is 12.7. The lowest BCUT2D eigenvalue weighted by Gasteiger charge is -2.25. The number of quaternary nitrogens is 1. The van der Waals surface area contributed by atoms with Crippen LogP contribution < -0.4 is 5.32 Å². The molecule has 0 aromatic carbocycles. The molecular formula is C42H88N2O6P+. The van der Waals surface area contributed by atoms with Crippen LogP contribution in [0, 0.1) is 0 Å². The predicted octanol–water partition coefficient (Wildman–Crippen LogP) is 12.1. The molecule has 51 heavy (non-hydrogen) atoms. The highest BCUT2D eigenvalue weighted by atomic mass is 31.2. The fourth-order valence-corrected chi connectivity index (χ4v) is 7.25. The number of phosphoric acid groups is 1. The number of phosphoric ester groups is 1. The highest BCUT2D eigenvalue weighted by Crippen LogP contribution is 2.44. The average molecular weight is 748 g/mol. The molecule has 1 amide bonds. The van der Waals surface area contributed by atoms with Gasteiger partial charge in [-0.25, -0.2) is 4.57 Å². The summed E-state index contributed by atoms with van der Waals surface area (Å²) in [6.07, 6.45) is 37.3. The van der Waals surface area contributed by atoms with Crippen LogP contribution in [0.4, 0.5) is 0 Å². The van der Waals surface area contributed by atoms with Crippen molar-refractivity contribution in [1.29, 1.82) is 0 Å². The Hall–Kier alpha value is -0.500. The molecule has 2 unspecified atom stereocenters. The minimum atomic E-state index is -4.28. The number of nitrogens with zero attached hydrogens (tertiary/aromatic N) is 1. The third-order valence-electron chi connectivity index (χ3n) is 9.78. The zero-order valence-electron chi connectivity index (χ0n) is 34.7. The maximum atomic E-state index is 12.7. The summed E-state index contributed by atoms with van der Waals surface area (Å²) in [6.45, 7) is 6.06. The minimum Gasteiger partial charge on any atom is -0.379 e. The quantitative estimate of drug-likeness (QED) is 0.0367. The monoisotopic (exact) mass is 748 g/mol. The zero-order chi connectivity index (χ0) is 37.7. The number of ether oxygens (including phenoxy) is 1. The third-order valence-corrected chi connectivity index (χ3v) is 10.9. The summed E-state index contributed by atoms with van der Waals surface area (Å²) in [7, 11) is 1.70. The summed E-state index contributed by atoms with van der Waals surface area (Å²) in [6, 6.07) is 0. The van der Waals surface area contributed by atoms with Gasteiger partial charge in [-0.3, -0.25) is 13.8 Å². The molecule has 0 aromatic heterocycles. The summed E-state index contributed by atoms with van der Waals surface area (Å²) in [5.74, 6) is -0.0526. The van der Waals surface area contributed by atoms with Crippen molar-refractivity contribution in [2.24, 2.45) is 0 Å². The summed E-state index contributed by atoms with van der Waals surface area (Å²) in [4.78, 5) is 22.9. The van der Waals surface area contributed by atoms with Crippen molar-refractivity contribution in [3.05, 3.63) is 0 Å². The fraction of sp³-hybridized carbons (Fsp3) is 0.976. The Bertz CT molecular complexity index is 794. The lowest BCUT2D eigenvalue weighted by molar-refractivity contribution is -0.870. The molecule has 0 saturated carbocycles. The van der Waals surface area contributed by atoms with Gasteiger partial charge in [-0.05, 0) is 12.8 Å². The molecule has 0 heterocycles. The number of carbonyl (C=O) groups excluding carboxylic acids is 1. The van der Waals surface area contributed by atoms with Gasteiger partial charge < -0.3 is 19.4 Å². The number of nitrogens with one attached hydrogen (secondary N) is 1. The van der Waals surface area contributed by atoms with Crippen LogP contribution in [0.2, 0.25) is 0 Å². The molecule has 0 aromatic rings. The molecule has 2 N–H and O–H groups in total. The molecule has 306 valence electrons. The molecule has 8 nitrogen and oxygen atoms in total. The number of hydrogen-bond donors (Lipinski definition) is 2. The van der Waals surface area contributed by atoms with Gasteiger partial charge in [0.25, 0.3) is 0 Å². The zero-order valence-corrected chi connectivity index (χ0v) is 35.6. The number of hydrogen-bond acceptors (Lipinski definition) is 5. The first-order valence-corrected chi connectivity index (χ1v) is 23.4. The lowest BCUT2D eigenvalue weighted by Crippen LogP contribution is -2.38. The van der Waals surface area contributed by atoms with Crippen molar-refractivity contribution >= 4 is 13.7 Å². The van der Waals surface area contributed by atoms with Crippen molar-refractivity contribution in [3.8, 4) is 0 Å². The van der Waals surface area contributed by atoms with Gasteiger partial charge in [-0.2, -0.15) is 0 Å². The average Bonchev–Trinajstić information content (AvgIpc) is 3.07. The molecule has 2 atom stereocenters. The number of carbonyl (C=O) groups is 1. The smallest absolute Gasteiger partial charge is 0.379 e. The Kier molecular flexibility index (Phi) is 36.1. The second kappa shape index (κ2) is 36.5. The van der Waals surface area contributed by atoms with E-state index in [4.69, 9.17) is 13.8 Å². The minimum absolute atomic E-state index is 0.0526. The Labute approximate surface area is 317 Å². The molecule has 0 rings (SSSR count). The first-order chi connectivity index (χ1) is 24.6. The number of rotatable bonds is 41. The highest BCUT2D eigenvalue weighted by molar-refractivity contribution is 7.47. The van der Waals surface area contributed by atoms with Gasteiger partial charge in [0, 0.05) is 19.6 Å². The van der Waals surface area contributed by atoms with Crippen LogP contribution in [-0.2, 0) is 23.1 Å². The topological polar surface area (TPSA) is 94.1 Å². The molecular weight excluding hydrogens is 659 g/mol. The van der Waals surface area contributed by atoms with Gasteiger partial charge in [0.2, 0.25) is 5.91 Å². The van der Waals surface area contributed by atoms with Crippen LogP contribution in [0.15, 0.2) is 0 Å². The van der Waals surface area contributed by atoms with E-state index in [0.29, 0.717) is 24.1 Å². The van der Waals surface area contributed by atoms with E-state index in [0.717, 1.165) is 25.7 Å². The van der Waals surface area contributed by atoms with Crippen LogP contribution in [0.1, 0.15) is 206 Å². The molecule has 0 spiro atoms. The lowest BCUT2D eigenvalue weighted by atomic mass is 10.0. The largest absolute Gasteiger partial charge is 0.472 e. The van der Waals surface area contributed by atoms with E-state index in [1.165, 1.54) is 161 Å². The summed E-state index contributed by atoms with van der Waals surface area (Å²) >= 11 is 0. The summed E-state index contributed by atoms with van der Waals surface area (Å²) in [5.41, 5.74) is 0. The predicted molar refractivity (Wildman–Crippen MR) is 217 cm³/mol. The Morgan fingerprint density at radius 3 is 1.35 bits per heavy atom. The third kappa shape index (κ3) is 40.5. The van der Waals surface area contributed by atoms with Crippen LogP contribution in [0.25, 0.3) is 0 Å².